The lowest BCUT2D eigenvalue weighted by atomic mass is 10.1. The molecule has 0 saturated heterocycles. The van der Waals surface area contributed by atoms with Gasteiger partial charge < -0.3 is 9.88 Å². The lowest BCUT2D eigenvalue weighted by molar-refractivity contribution is -0.137. The molecule has 0 bridgehead atoms. The summed E-state index contributed by atoms with van der Waals surface area (Å²) in [7, 11) is 0. The van der Waals surface area contributed by atoms with Gasteiger partial charge in [0.1, 0.15) is 5.82 Å². The van der Waals surface area contributed by atoms with Gasteiger partial charge in [-0.3, -0.25) is 0 Å². The molecule has 0 atom stereocenters. The van der Waals surface area contributed by atoms with Crippen LogP contribution in [0, 0.1) is 11.3 Å². The number of hydrogen-bond acceptors (Lipinski definition) is 3. The van der Waals surface area contributed by atoms with Crippen molar-refractivity contribution in [3.05, 3.63) is 47.5 Å². The average Bonchev–Trinajstić information content (AvgIpc) is 2.91. The molecule has 0 saturated carbocycles. The van der Waals surface area contributed by atoms with E-state index in [4.69, 9.17) is 5.26 Å². The summed E-state index contributed by atoms with van der Waals surface area (Å²) in [4.78, 5) is 4.13. The van der Waals surface area contributed by atoms with Crippen molar-refractivity contribution in [1.82, 2.24) is 9.55 Å². The number of nitrogens with one attached hydrogen (secondary N) is 1. The molecule has 1 heterocycles. The Morgan fingerprint density at radius 1 is 1.38 bits per heavy atom. The van der Waals surface area contributed by atoms with Gasteiger partial charge in [0, 0.05) is 24.6 Å². The molecular weight excluding hydrogens is 281 g/mol. The van der Waals surface area contributed by atoms with E-state index in [9.17, 15) is 13.2 Å². The van der Waals surface area contributed by atoms with Gasteiger partial charge in [-0.15, -0.1) is 0 Å². The Labute approximate surface area is 119 Å². The molecule has 21 heavy (non-hydrogen) atoms. The summed E-state index contributed by atoms with van der Waals surface area (Å²) in [5.41, 5.74) is -1.02. The molecular formula is C14H13F3N4. The summed E-state index contributed by atoms with van der Waals surface area (Å²) in [5, 5.41) is 11.6. The van der Waals surface area contributed by atoms with Crippen molar-refractivity contribution in [2.45, 2.75) is 26.2 Å². The molecule has 0 amide bonds. The lowest BCUT2D eigenvalue weighted by Gasteiger charge is -2.12. The molecule has 110 valence electrons. The number of aryl methyl sites for hydroxylation is 1. The van der Waals surface area contributed by atoms with E-state index in [1.54, 1.807) is 18.5 Å². The molecule has 0 aliphatic carbocycles. The first-order valence-electron chi connectivity index (χ1n) is 6.31. The highest BCUT2D eigenvalue weighted by molar-refractivity contribution is 5.53. The van der Waals surface area contributed by atoms with Crippen molar-refractivity contribution in [2.75, 3.05) is 5.32 Å². The number of imidazole rings is 1. The van der Waals surface area contributed by atoms with E-state index in [1.165, 1.54) is 6.07 Å². The Balaban J connectivity index is 2.20. The number of nitrogens with zero attached hydrogens (tertiary/aromatic N) is 3. The first-order valence-corrected chi connectivity index (χ1v) is 6.31. The number of alkyl halides is 3. The van der Waals surface area contributed by atoms with Gasteiger partial charge in [-0.05, 0) is 25.1 Å². The molecule has 0 aliphatic heterocycles. The number of hydrogen-bond donors (Lipinski definition) is 1. The fraction of sp³-hybridized carbons (Fsp3) is 0.286. The molecule has 0 radical (unpaired) electrons. The molecule has 0 spiro atoms. The van der Waals surface area contributed by atoms with Gasteiger partial charge in [-0.25, -0.2) is 4.98 Å². The molecule has 1 aromatic carbocycles. The number of halogens is 3. The fourth-order valence-corrected chi connectivity index (χ4v) is 1.96. The Bertz CT molecular complexity index is 668. The number of anilines is 1. The van der Waals surface area contributed by atoms with Crippen molar-refractivity contribution in [1.29, 1.82) is 5.26 Å². The summed E-state index contributed by atoms with van der Waals surface area (Å²) < 4.78 is 40.4. The van der Waals surface area contributed by atoms with Gasteiger partial charge in [0.2, 0.25) is 0 Å². The van der Waals surface area contributed by atoms with Crippen LogP contribution in [0.4, 0.5) is 18.9 Å². The summed E-state index contributed by atoms with van der Waals surface area (Å²) in [6.07, 6.45) is -1.11. The zero-order valence-corrected chi connectivity index (χ0v) is 11.3. The second-order valence-corrected chi connectivity index (χ2v) is 4.35. The maximum Gasteiger partial charge on any atom is 0.417 e. The van der Waals surface area contributed by atoms with Crippen molar-refractivity contribution in [3.63, 3.8) is 0 Å². The molecule has 0 unspecified atom stereocenters. The quantitative estimate of drug-likeness (QED) is 0.940. The third-order valence-corrected chi connectivity index (χ3v) is 3.04. The van der Waals surface area contributed by atoms with Gasteiger partial charge in [0.15, 0.2) is 0 Å². The van der Waals surface area contributed by atoms with Crippen LogP contribution in [0.5, 0.6) is 0 Å². The monoisotopic (exact) mass is 294 g/mol. The minimum atomic E-state index is -4.55. The van der Waals surface area contributed by atoms with Gasteiger partial charge in [-0.2, -0.15) is 18.4 Å². The number of benzene rings is 1. The molecule has 4 nitrogen and oxygen atoms in total. The predicted molar refractivity (Wildman–Crippen MR) is 71.4 cm³/mol. The molecule has 7 heteroatoms. The standard InChI is InChI=1S/C14H13F3N4/c1-2-21-6-5-19-13(21)9-20-11-4-3-10(8-18)12(7-11)14(15,16)17/h3-7,20H,2,9H2,1H3. The summed E-state index contributed by atoms with van der Waals surface area (Å²) in [5.74, 6) is 0.732. The van der Waals surface area contributed by atoms with E-state index >= 15 is 0 Å². The van der Waals surface area contributed by atoms with Crippen LogP contribution in [0.25, 0.3) is 0 Å². The SMILES string of the molecule is CCn1ccnc1CNc1ccc(C#N)c(C(F)(F)F)c1. The van der Waals surface area contributed by atoms with Crippen LogP contribution in [-0.4, -0.2) is 9.55 Å². The second kappa shape index (κ2) is 5.87. The third kappa shape index (κ3) is 3.34. The van der Waals surface area contributed by atoms with Gasteiger partial charge in [-0.1, -0.05) is 0 Å². The van der Waals surface area contributed by atoms with E-state index in [-0.39, 0.29) is 5.56 Å². The van der Waals surface area contributed by atoms with Gasteiger partial charge in [0.25, 0.3) is 0 Å². The fourth-order valence-electron chi connectivity index (χ4n) is 1.96. The Hall–Kier alpha value is -2.49. The van der Waals surface area contributed by atoms with Crippen LogP contribution in [0.2, 0.25) is 0 Å². The van der Waals surface area contributed by atoms with Crippen LogP contribution < -0.4 is 5.32 Å². The molecule has 0 aliphatic rings. The lowest BCUT2D eigenvalue weighted by Crippen LogP contribution is -2.11. The summed E-state index contributed by atoms with van der Waals surface area (Å²) in [6.45, 7) is 3.00. The molecule has 2 aromatic rings. The van der Waals surface area contributed by atoms with Crippen LogP contribution in [0.1, 0.15) is 23.9 Å². The first kappa shape index (κ1) is 14.9. The normalized spacial score (nSPS) is 11.2. The number of aromatic nitrogens is 2. The molecule has 1 aromatic heterocycles. The highest BCUT2D eigenvalue weighted by Crippen LogP contribution is 2.33. The van der Waals surface area contributed by atoms with Gasteiger partial charge in [0.05, 0.1) is 23.7 Å². The van der Waals surface area contributed by atoms with Crippen LogP contribution in [0.15, 0.2) is 30.6 Å². The summed E-state index contributed by atoms with van der Waals surface area (Å²) >= 11 is 0. The van der Waals surface area contributed by atoms with Gasteiger partial charge >= 0.3 is 6.18 Å². The van der Waals surface area contributed by atoms with E-state index in [0.29, 0.717) is 12.2 Å². The smallest absolute Gasteiger partial charge is 0.378 e. The van der Waals surface area contributed by atoms with Crippen molar-refractivity contribution in [2.24, 2.45) is 0 Å². The molecule has 1 N–H and O–H groups in total. The van der Waals surface area contributed by atoms with Crippen molar-refractivity contribution in [3.8, 4) is 6.07 Å². The Kier molecular flexibility index (Phi) is 4.17. The highest BCUT2D eigenvalue weighted by atomic mass is 19.4. The topological polar surface area (TPSA) is 53.6 Å². The molecule has 2 rings (SSSR count). The first-order chi connectivity index (χ1) is 9.95. The maximum absolute atomic E-state index is 12.9. The molecule has 0 fully saturated rings. The minimum absolute atomic E-state index is 0.298. The zero-order valence-electron chi connectivity index (χ0n) is 11.3. The predicted octanol–water partition coefficient (Wildman–Crippen LogP) is 3.41. The highest BCUT2D eigenvalue weighted by Gasteiger charge is 2.33. The third-order valence-electron chi connectivity index (χ3n) is 3.04. The van der Waals surface area contributed by atoms with Crippen molar-refractivity contribution < 1.29 is 13.2 Å². The largest absolute Gasteiger partial charge is 0.417 e. The zero-order chi connectivity index (χ0) is 15.5. The van der Waals surface area contributed by atoms with Crippen LogP contribution >= 0.6 is 0 Å². The van der Waals surface area contributed by atoms with Crippen LogP contribution in [0.3, 0.4) is 0 Å². The van der Waals surface area contributed by atoms with E-state index in [0.717, 1.165) is 24.5 Å². The second-order valence-electron chi connectivity index (χ2n) is 4.35. The van der Waals surface area contributed by atoms with E-state index in [2.05, 4.69) is 10.3 Å². The van der Waals surface area contributed by atoms with E-state index < -0.39 is 11.7 Å². The van der Waals surface area contributed by atoms with Crippen LogP contribution in [-0.2, 0) is 19.3 Å². The summed E-state index contributed by atoms with van der Waals surface area (Å²) in [6, 6.07) is 5.11. The van der Waals surface area contributed by atoms with E-state index in [1.807, 2.05) is 11.5 Å². The Morgan fingerprint density at radius 2 is 2.14 bits per heavy atom. The number of rotatable bonds is 4. The van der Waals surface area contributed by atoms with Crippen molar-refractivity contribution >= 4 is 5.69 Å². The minimum Gasteiger partial charge on any atom is -0.378 e. The Morgan fingerprint density at radius 3 is 2.76 bits per heavy atom. The maximum atomic E-state index is 12.9. The number of nitriles is 1. The average molecular weight is 294 g/mol.